The Bertz CT molecular complexity index is 1970. The quantitative estimate of drug-likeness (QED) is 0.148. The van der Waals surface area contributed by atoms with Crippen LogP contribution in [0.25, 0.3) is 28.2 Å². The van der Waals surface area contributed by atoms with E-state index in [1.165, 1.54) is 20.3 Å². The van der Waals surface area contributed by atoms with Crippen LogP contribution in [0.1, 0.15) is 35.3 Å². The Morgan fingerprint density at radius 1 is 0.783 bits per heavy atom. The summed E-state index contributed by atoms with van der Waals surface area (Å²) in [7, 11) is 6.19. The maximum Gasteiger partial charge on any atom is 0.347 e. The second kappa shape index (κ2) is 13.1. The fourth-order valence-electron chi connectivity index (χ4n) is 5.13. The lowest BCUT2D eigenvalue weighted by atomic mass is 9.98. The number of aromatic hydroxyl groups is 1. The minimum Gasteiger partial charge on any atom is -0.507 e. The summed E-state index contributed by atoms with van der Waals surface area (Å²) in [6, 6.07) is 22.3. The molecule has 1 aliphatic heterocycles. The average Bonchev–Trinajstić information content (AvgIpc) is 3.06. The molecule has 1 N–H and O–H groups in total. The average molecular weight is 623 g/mol. The topological polar surface area (TPSA) is 114 Å². The first-order valence-electron chi connectivity index (χ1n) is 14.4. The predicted octanol–water partition coefficient (Wildman–Crippen LogP) is 7.30. The molecule has 0 spiro atoms. The molecule has 6 rings (SSSR count). The van der Waals surface area contributed by atoms with Crippen LogP contribution in [0.4, 0.5) is 0 Å². The van der Waals surface area contributed by atoms with Crippen LogP contribution in [0.15, 0.2) is 94.2 Å². The SMILES string of the molecule is COc1ccc(-c2c(OC)c3c(OC)c4c(cc3oc2=O)OC(C)(C)C=C4)cc1.COc1ccc(C(=O)c2ccccc2)c(O)c1. The van der Waals surface area contributed by atoms with Crippen molar-refractivity contribution in [3.8, 4) is 45.6 Å². The van der Waals surface area contributed by atoms with Gasteiger partial charge in [0, 0.05) is 17.7 Å². The lowest BCUT2D eigenvalue weighted by Crippen LogP contribution is -2.27. The van der Waals surface area contributed by atoms with Crippen molar-refractivity contribution in [3.63, 3.8) is 0 Å². The van der Waals surface area contributed by atoms with E-state index in [9.17, 15) is 14.7 Å². The molecule has 0 aliphatic carbocycles. The molecule has 0 amide bonds. The number of hydrogen-bond donors (Lipinski definition) is 1. The molecule has 0 saturated heterocycles. The third kappa shape index (κ3) is 6.25. The van der Waals surface area contributed by atoms with Gasteiger partial charge in [0.1, 0.15) is 56.6 Å². The molecule has 1 aromatic heterocycles. The highest BCUT2D eigenvalue weighted by molar-refractivity contribution is 6.10. The minimum absolute atomic E-state index is 0.0711. The van der Waals surface area contributed by atoms with Crippen molar-refractivity contribution in [2.24, 2.45) is 0 Å². The van der Waals surface area contributed by atoms with E-state index in [1.54, 1.807) is 80.9 Å². The molecule has 9 heteroatoms. The Kier molecular flexibility index (Phi) is 9.04. The molecular weight excluding hydrogens is 588 g/mol. The minimum atomic E-state index is -0.507. The van der Waals surface area contributed by atoms with E-state index >= 15 is 0 Å². The molecule has 0 atom stereocenters. The molecule has 1 aliphatic rings. The summed E-state index contributed by atoms with van der Waals surface area (Å²) in [5.41, 5.74) is 1.93. The summed E-state index contributed by atoms with van der Waals surface area (Å²) in [5, 5.41) is 10.3. The van der Waals surface area contributed by atoms with Crippen LogP contribution in [0.2, 0.25) is 0 Å². The van der Waals surface area contributed by atoms with Crippen molar-refractivity contribution in [2.75, 3.05) is 28.4 Å². The third-order valence-electron chi connectivity index (χ3n) is 7.40. The highest BCUT2D eigenvalue weighted by Crippen LogP contribution is 2.47. The Morgan fingerprint density at radius 3 is 2.04 bits per heavy atom. The van der Waals surface area contributed by atoms with Gasteiger partial charge in [-0.1, -0.05) is 42.5 Å². The van der Waals surface area contributed by atoms with Crippen molar-refractivity contribution in [3.05, 3.63) is 112 Å². The van der Waals surface area contributed by atoms with E-state index < -0.39 is 11.2 Å². The number of ether oxygens (including phenoxy) is 5. The van der Waals surface area contributed by atoms with Gasteiger partial charge in [-0.15, -0.1) is 0 Å². The molecule has 0 radical (unpaired) electrons. The van der Waals surface area contributed by atoms with Crippen LogP contribution in [-0.2, 0) is 0 Å². The highest BCUT2D eigenvalue weighted by atomic mass is 16.5. The van der Waals surface area contributed by atoms with Gasteiger partial charge >= 0.3 is 5.63 Å². The molecule has 2 heterocycles. The standard InChI is InChI=1S/C23H22O6.C14H12O3/c1-23(2)11-10-15-16(29-23)12-17-19(20(15)26-4)21(27-5)18(22(24)28-17)13-6-8-14(25-3)9-7-13;1-17-11-7-8-12(13(15)9-11)14(16)10-5-3-2-4-6-10/h6-12H,1-5H3;2-9,15H,1H3. The van der Waals surface area contributed by atoms with E-state index in [1.807, 2.05) is 32.1 Å². The Balaban J connectivity index is 0.000000209. The number of phenols is 1. The largest absolute Gasteiger partial charge is 0.507 e. The van der Waals surface area contributed by atoms with Gasteiger partial charge in [-0.05, 0) is 55.8 Å². The van der Waals surface area contributed by atoms with Gasteiger partial charge in [0.05, 0.1) is 39.6 Å². The van der Waals surface area contributed by atoms with Gasteiger partial charge in [-0.25, -0.2) is 4.79 Å². The van der Waals surface area contributed by atoms with Crippen LogP contribution < -0.4 is 29.3 Å². The Labute approximate surface area is 266 Å². The van der Waals surface area contributed by atoms with Crippen LogP contribution in [0.3, 0.4) is 0 Å². The molecule has 0 bridgehead atoms. The van der Waals surface area contributed by atoms with E-state index in [-0.39, 0.29) is 17.1 Å². The smallest absolute Gasteiger partial charge is 0.347 e. The maximum absolute atomic E-state index is 12.9. The molecule has 0 saturated carbocycles. The Morgan fingerprint density at radius 2 is 1.43 bits per heavy atom. The zero-order valence-electron chi connectivity index (χ0n) is 26.4. The first-order valence-corrected chi connectivity index (χ1v) is 14.4. The monoisotopic (exact) mass is 622 g/mol. The summed E-state index contributed by atoms with van der Waals surface area (Å²) in [6.45, 7) is 3.90. The van der Waals surface area contributed by atoms with Crippen molar-refractivity contribution in [2.45, 2.75) is 19.4 Å². The molecule has 0 unspecified atom stereocenters. The normalized spacial score (nSPS) is 12.7. The van der Waals surface area contributed by atoms with E-state index in [0.29, 0.717) is 56.4 Å². The molecular formula is C37H34O9. The van der Waals surface area contributed by atoms with Gasteiger partial charge in [0.25, 0.3) is 0 Å². The number of rotatable bonds is 7. The molecule has 5 aromatic rings. The van der Waals surface area contributed by atoms with Gasteiger partial charge in [0.2, 0.25) is 0 Å². The summed E-state index contributed by atoms with van der Waals surface area (Å²) in [6.07, 6.45) is 3.91. The fraction of sp³-hybridized carbons (Fsp3) is 0.189. The number of carbonyl (C=O) groups excluding carboxylic acids is 1. The number of carbonyl (C=O) groups is 1. The summed E-state index contributed by atoms with van der Waals surface area (Å²) in [4.78, 5) is 25.0. The summed E-state index contributed by atoms with van der Waals surface area (Å²) >= 11 is 0. The summed E-state index contributed by atoms with van der Waals surface area (Å²) in [5.74, 6) is 2.44. The van der Waals surface area contributed by atoms with E-state index in [4.69, 9.17) is 28.1 Å². The number of phenolic OH excluding ortho intramolecular Hbond substituents is 1. The highest BCUT2D eigenvalue weighted by Gasteiger charge is 2.29. The van der Waals surface area contributed by atoms with Crippen LogP contribution in [0.5, 0.6) is 34.5 Å². The van der Waals surface area contributed by atoms with Crippen molar-refractivity contribution >= 4 is 22.8 Å². The van der Waals surface area contributed by atoms with E-state index in [0.717, 1.165) is 5.56 Å². The lowest BCUT2D eigenvalue weighted by Gasteiger charge is -2.29. The second-order valence-electron chi connectivity index (χ2n) is 10.8. The second-order valence-corrected chi connectivity index (χ2v) is 10.8. The Hall–Kier alpha value is -5.70. The zero-order valence-corrected chi connectivity index (χ0v) is 26.4. The van der Waals surface area contributed by atoms with Crippen molar-refractivity contribution < 1.29 is 38.0 Å². The van der Waals surface area contributed by atoms with Gasteiger partial charge in [0.15, 0.2) is 5.78 Å². The number of benzene rings is 4. The lowest BCUT2D eigenvalue weighted by molar-refractivity contribution is 0.103. The zero-order chi connectivity index (χ0) is 33.0. The van der Waals surface area contributed by atoms with E-state index in [2.05, 4.69) is 0 Å². The van der Waals surface area contributed by atoms with Gasteiger partial charge in [-0.3, -0.25) is 4.79 Å². The van der Waals surface area contributed by atoms with Crippen LogP contribution >= 0.6 is 0 Å². The summed E-state index contributed by atoms with van der Waals surface area (Å²) < 4.78 is 33.3. The first-order chi connectivity index (χ1) is 22.1. The first kappa shape index (κ1) is 31.7. The molecule has 4 aromatic carbocycles. The van der Waals surface area contributed by atoms with Gasteiger partial charge < -0.3 is 33.2 Å². The fourth-order valence-corrected chi connectivity index (χ4v) is 5.13. The van der Waals surface area contributed by atoms with Crippen LogP contribution in [-0.4, -0.2) is 44.9 Å². The van der Waals surface area contributed by atoms with Crippen LogP contribution in [0, 0.1) is 0 Å². The number of fused-ring (bicyclic) bond motifs is 2. The molecule has 46 heavy (non-hydrogen) atoms. The van der Waals surface area contributed by atoms with Gasteiger partial charge in [-0.2, -0.15) is 0 Å². The van der Waals surface area contributed by atoms with Crippen molar-refractivity contribution in [1.82, 2.24) is 0 Å². The molecule has 9 nitrogen and oxygen atoms in total. The molecule has 236 valence electrons. The maximum atomic E-state index is 12.9. The number of methoxy groups -OCH3 is 4. The van der Waals surface area contributed by atoms with Crippen molar-refractivity contribution in [1.29, 1.82) is 0 Å². The predicted molar refractivity (Wildman–Crippen MR) is 176 cm³/mol. The molecule has 0 fully saturated rings. The third-order valence-corrected chi connectivity index (χ3v) is 7.40. The number of ketones is 1. The number of hydrogen-bond acceptors (Lipinski definition) is 9.